The average Bonchev–Trinajstić information content (AvgIpc) is 3.18. The largest absolute Gasteiger partial charge is 0.334 e. The maximum Gasteiger partial charge on any atom is 0.274 e. The van der Waals surface area contributed by atoms with Crippen LogP contribution in [-0.4, -0.2) is 21.0 Å². The molecule has 0 fully saturated rings. The highest BCUT2D eigenvalue weighted by atomic mass is 19.1. The van der Waals surface area contributed by atoms with Crippen LogP contribution >= 0.6 is 0 Å². The van der Waals surface area contributed by atoms with Crippen molar-refractivity contribution in [1.29, 1.82) is 0 Å². The molecule has 6 nitrogen and oxygen atoms in total. The number of carbonyl (C=O) groups excluding carboxylic acids is 1. The molecule has 7 heteroatoms. The van der Waals surface area contributed by atoms with Crippen LogP contribution in [0.3, 0.4) is 0 Å². The molecule has 0 aliphatic carbocycles. The predicted molar refractivity (Wildman–Crippen MR) is 102 cm³/mol. The number of aryl methyl sites for hydroxylation is 1. The molecular weight excluding hydrogens is 359 g/mol. The number of nitrogens with one attached hydrogen (secondary N) is 1. The zero-order chi connectivity index (χ0) is 19.5. The lowest BCUT2D eigenvalue weighted by Gasteiger charge is -2.06. The van der Waals surface area contributed by atoms with Crippen LogP contribution in [0.15, 0.2) is 71.4 Å². The summed E-state index contributed by atoms with van der Waals surface area (Å²) in [6, 6.07) is 16.8. The van der Waals surface area contributed by atoms with Crippen molar-refractivity contribution in [3.05, 3.63) is 83.9 Å². The van der Waals surface area contributed by atoms with Crippen molar-refractivity contribution in [2.45, 2.75) is 6.92 Å². The van der Waals surface area contributed by atoms with Crippen molar-refractivity contribution in [3.8, 4) is 22.8 Å². The van der Waals surface area contributed by atoms with Gasteiger partial charge in [-0.2, -0.15) is 4.98 Å². The third kappa shape index (κ3) is 3.50. The zero-order valence-electron chi connectivity index (χ0n) is 14.9. The first kappa shape index (κ1) is 17.5. The number of carbonyl (C=O) groups is 1. The van der Waals surface area contributed by atoms with Crippen molar-refractivity contribution < 1.29 is 13.7 Å². The van der Waals surface area contributed by atoms with Crippen LogP contribution in [0.5, 0.6) is 0 Å². The van der Waals surface area contributed by atoms with E-state index >= 15 is 0 Å². The average molecular weight is 374 g/mol. The third-order valence-corrected chi connectivity index (χ3v) is 4.17. The molecule has 0 atom stereocenters. The summed E-state index contributed by atoms with van der Waals surface area (Å²) in [5.74, 6) is -0.538. The van der Waals surface area contributed by atoms with E-state index in [0.29, 0.717) is 11.6 Å². The molecule has 138 valence electrons. The molecule has 0 aliphatic heterocycles. The van der Waals surface area contributed by atoms with Gasteiger partial charge in [-0.05, 0) is 48.9 Å². The number of rotatable bonds is 4. The maximum atomic E-state index is 14.6. The van der Waals surface area contributed by atoms with Crippen molar-refractivity contribution in [3.63, 3.8) is 0 Å². The number of nitrogens with zero attached hydrogens (tertiary/aromatic N) is 3. The Balaban J connectivity index is 1.57. The lowest BCUT2D eigenvalue weighted by molar-refractivity contribution is 0.102. The Morgan fingerprint density at radius 3 is 2.61 bits per heavy atom. The number of pyridine rings is 1. The molecule has 0 unspecified atom stereocenters. The van der Waals surface area contributed by atoms with Gasteiger partial charge in [0.2, 0.25) is 5.82 Å². The van der Waals surface area contributed by atoms with Gasteiger partial charge < -0.3 is 9.84 Å². The lowest BCUT2D eigenvalue weighted by atomic mass is 10.1. The lowest BCUT2D eigenvalue weighted by Crippen LogP contribution is -2.13. The summed E-state index contributed by atoms with van der Waals surface area (Å²) in [5, 5.41) is 6.49. The Hall–Kier alpha value is -3.87. The molecule has 1 amide bonds. The van der Waals surface area contributed by atoms with E-state index < -0.39 is 11.7 Å². The summed E-state index contributed by atoms with van der Waals surface area (Å²) >= 11 is 0. The van der Waals surface area contributed by atoms with Crippen LogP contribution in [0, 0.1) is 12.7 Å². The molecule has 0 saturated heterocycles. The fourth-order valence-corrected chi connectivity index (χ4v) is 2.72. The van der Waals surface area contributed by atoms with Crippen LogP contribution in [0.2, 0.25) is 0 Å². The number of halogens is 1. The van der Waals surface area contributed by atoms with Gasteiger partial charge >= 0.3 is 0 Å². The molecule has 28 heavy (non-hydrogen) atoms. The number of hydrogen-bond donors (Lipinski definition) is 1. The van der Waals surface area contributed by atoms with E-state index in [-0.39, 0.29) is 17.1 Å². The summed E-state index contributed by atoms with van der Waals surface area (Å²) < 4.78 is 19.9. The summed E-state index contributed by atoms with van der Waals surface area (Å²) in [7, 11) is 0. The van der Waals surface area contributed by atoms with Crippen molar-refractivity contribution >= 4 is 11.6 Å². The SMILES string of the molecule is Cc1ccccc1-c1nc(-c2ccc(NC(=O)c3ccccn3)cc2F)no1. The first-order chi connectivity index (χ1) is 13.6. The highest BCUT2D eigenvalue weighted by Gasteiger charge is 2.16. The number of hydrogen-bond acceptors (Lipinski definition) is 5. The molecule has 4 aromatic rings. The number of aromatic nitrogens is 3. The minimum absolute atomic E-state index is 0.137. The number of benzene rings is 2. The Labute approximate surface area is 160 Å². The Bertz CT molecular complexity index is 1140. The van der Waals surface area contributed by atoms with Crippen LogP contribution in [0.25, 0.3) is 22.8 Å². The molecule has 4 rings (SSSR count). The summed E-state index contributed by atoms with van der Waals surface area (Å²) in [6.45, 7) is 1.93. The maximum absolute atomic E-state index is 14.6. The first-order valence-corrected chi connectivity index (χ1v) is 8.54. The Kier molecular flexibility index (Phi) is 4.63. The van der Waals surface area contributed by atoms with E-state index in [1.807, 2.05) is 31.2 Å². The van der Waals surface area contributed by atoms with Crippen LogP contribution in [0.1, 0.15) is 16.1 Å². The van der Waals surface area contributed by atoms with E-state index in [1.54, 1.807) is 24.3 Å². The van der Waals surface area contributed by atoms with Gasteiger partial charge in [0.1, 0.15) is 11.5 Å². The summed E-state index contributed by atoms with van der Waals surface area (Å²) in [6.07, 6.45) is 1.51. The van der Waals surface area contributed by atoms with Crippen LogP contribution in [-0.2, 0) is 0 Å². The van der Waals surface area contributed by atoms with E-state index in [2.05, 4.69) is 20.4 Å². The second-order valence-electron chi connectivity index (χ2n) is 6.10. The van der Waals surface area contributed by atoms with E-state index in [0.717, 1.165) is 11.1 Å². The minimum Gasteiger partial charge on any atom is -0.334 e. The highest BCUT2D eigenvalue weighted by Crippen LogP contribution is 2.27. The van der Waals surface area contributed by atoms with Crippen LogP contribution in [0.4, 0.5) is 10.1 Å². The zero-order valence-corrected chi connectivity index (χ0v) is 14.9. The van der Waals surface area contributed by atoms with Gasteiger partial charge in [0, 0.05) is 17.4 Å². The number of amides is 1. The van der Waals surface area contributed by atoms with Gasteiger partial charge in [-0.15, -0.1) is 0 Å². The van der Waals surface area contributed by atoms with Gasteiger partial charge in [0.05, 0.1) is 5.56 Å². The van der Waals surface area contributed by atoms with Gasteiger partial charge in [-0.25, -0.2) is 4.39 Å². The molecule has 2 aromatic heterocycles. The first-order valence-electron chi connectivity index (χ1n) is 8.54. The highest BCUT2D eigenvalue weighted by molar-refractivity contribution is 6.02. The van der Waals surface area contributed by atoms with Crippen molar-refractivity contribution in [2.75, 3.05) is 5.32 Å². The molecular formula is C21H15FN4O2. The molecule has 1 N–H and O–H groups in total. The topological polar surface area (TPSA) is 80.9 Å². The van der Waals surface area contributed by atoms with Gasteiger partial charge in [0.25, 0.3) is 11.8 Å². The normalized spacial score (nSPS) is 10.6. The second-order valence-corrected chi connectivity index (χ2v) is 6.10. The standard InChI is InChI=1S/C21H15FN4O2/c1-13-6-2-3-7-15(13)21-25-19(26-28-21)16-10-9-14(12-17(16)22)24-20(27)18-8-4-5-11-23-18/h2-12H,1H3,(H,24,27). The smallest absolute Gasteiger partial charge is 0.274 e. The van der Waals surface area contributed by atoms with Gasteiger partial charge in [0.15, 0.2) is 0 Å². The molecule has 0 spiro atoms. The summed E-state index contributed by atoms with van der Waals surface area (Å²) in [4.78, 5) is 20.4. The Morgan fingerprint density at radius 2 is 1.86 bits per heavy atom. The van der Waals surface area contributed by atoms with Gasteiger partial charge in [-0.3, -0.25) is 9.78 Å². The monoisotopic (exact) mass is 374 g/mol. The third-order valence-electron chi connectivity index (χ3n) is 4.17. The molecule has 0 aliphatic rings. The number of anilines is 1. The summed E-state index contributed by atoms with van der Waals surface area (Å²) in [5.41, 5.74) is 2.50. The molecule has 0 radical (unpaired) electrons. The van der Waals surface area contributed by atoms with E-state index in [1.165, 1.54) is 18.3 Å². The fourth-order valence-electron chi connectivity index (χ4n) is 2.72. The van der Waals surface area contributed by atoms with Crippen molar-refractivity contribution in [1.82, 2.24) is 15.1 Å². The predicted octanol–water partition coefficient (Wildman–Crippen LogP) is 4.50. The quantitative estimate of drug-likeness (QED) is 0.569. The molecule has 2 heterocycles. The van der Waals surface area contributed by atoms with Crippen molar-refractivity contribution in [2.24, 2.45) is 0 Å². The Morgan fingerprint density at radius 1 is 1.04 bits per heavy atom. The van der Waals surface area contributed by atoms with Crippen LogP contribution < -0.4 is 5.32 Å². The fraction of sp³-hybridized carbons (Fsp3) is 0.0476. The molecule has 0 saturated carbocycles. The molecule has 2 aromatic carbocycles. The van der Waals surface area contributed by atoms with E-state index in [4.69, 9.17) is 4.52 Å². The minimum atomic E-state index is -0.573. The van der Waals surface area contributed by atoms with Gasteiger partial charge in [-0.1, -0.05) is 29.4 Å². The van der Waals surface area contributed by atoms with E-state index in [9.17, 15) is 9.18 Å². The second kappa shape index (κ2) is 7.40. The molecule has 0 bridgehead atoms.